The number of hydrogen-bond donors (Lipinski definition) is 1. The normalized spacial score (nSPS) is 19.6. The van der Waals surface area contributed by atoms with E-state index in [-0.39, 0.29) is 11.3 Å². The molecule has 1 unspecified atom stereocenters. The number of fused-ring (bicyclic) bond motifs is 2. The number of aromatic nitrogens is 2. The maximum absolute atomic E-state index is 13.1. The second-order valence-corrected chi connectivity index (χ2v) is 8.96. The van der Waals surface area contributed by atoms with Gasteiger partial charge in [0, 0.05) is 49.0 Å². The molecule has 3 aromatic rings. The summed E-state index contributed by atoms with van der Waals surface area (Å²) in [7, 11) is 0. The molecular weight excluding hydrogens is 469 g/mol. The highest BCUT2D eigenvalue weighted by atomic mass is 32.1. The molecule has 5 heterocycles. The fourth-order valence-electron chi connectivity index (χ4n) is 4.37. The molecule has 0 bridgehead atoms. The minimum Gasteiger partial charge on any atom is -0.475 e. The largest absolute Gasteiger partial charge is 0.490 e. The Labute approximate surface area is 197 Å². The van der Waals surface area contributed by atoms with Gasteiger partial charge in [-0.05, 0) is 48.2 Å². The average Bonchev–Trinajstić information content (AvgIpc) is 3.55. The second kappa shape index (κ2) is 9.51. The highest BCUT2D eigenvalue weighted by Crippen LogP contribution is 2.45. The standard InChI is InChI=1S/C21H20N4OS.C2HF3O2/c26-20(17-5-10-27-13-17)25-15-21(19-18(25)4-2-8-23-19)6-9-24(14-21)12-16-3-1-7-22-11-16;3-2(4,5)1(6)7/h1-5,7-8,10-11,13H,6,9,12,14-15H2;(H,6,7). The van der Waals surface area contributed by atoms with Gasteiger partial charge in [-0.15, -0.1) is 0 Å². The van der Waals surface area contributed by atoms with E-state index in [4.69, 9.17) is 14.9 Å². The lowest BCUT2D eigenvalue weighted by molar-refractivity contribution is -0.192. The molecule has 3 aromatic heterocycles. The van der Waals surface area contributed by atoms with Gasteiger partial charge in [0.25, 0.3) is 5.91 Å². The molecule has 0 aliphatic carbocycles. The van der Waals surface area contributed by atoms with Crippen LogP contribution in [0.1, 0.15) is 28.0 Å². The predicted octanol–water partition coefficient (Wildman–Crippen LogP) is 3.98. The van der Waals surface area contributed by atoms with Crippen molar-refractivity contribution in [2.24, 2.45) is 0 Å². The van der Waals surface area contributed by atoms with Crippen molar-refractivity contribution in [3.05, 3.63) is 76.5 Å². The number of alkyl halides is 3. The lowest BCUT2D eigenvalue weighted by Crippen LogP contribution is -2.39. The predicted molar refractivity (Wildman–Crippen MR) is 120 cm³/mol. The molecule has 0 aromatic carbocycles. The van der Waals surface area contributed by atoms with E-state index in [2.05, 4.69) is 16.0 Å². The van der Waals surface area contributed by atoms with Crippen LogP contribution in [0, 0.1) is 0 Å². The van der Waals surface area contributed by atoms with E-state index in [1.807, 2.05) is 52.3 Å². The van der Waals surface area contributed by atoms with Gasteiger partial charge in [-0.3, -0.25) is 19.7 Å². The summed E-state index contributed by atoms with van der Waals surface area (Å²) in [5, 5.41) is 11.0. The zero-order chi connectivity index (χ0) is 24.3. The van der Waals surface area contributed by atoms with E-state index in [9.17, 15) is 18.0 Å². The van der Waals surface area contributed by atoms with Gasteiger partial charge in [0.15, 0.2) is 0 Å². The van der Waals surface area contributed by atoms with Crippen LogP contribution in [0.5, 0.6) is 0 Å². The van der Waals surface area contributed by atoms with Gasteiger partial charge in [0.05, 0.1) is 16.9 Å². The van der Waals surface area contributed by atoms with Crippen LogP contribution < -0.4 is 4.90 Å². The van der Waals surface area contributed by atoms with Gasteiger partial charge < -0.3 is 10.0 Å². The number of carboxylic acids is 1. The molecule has 1 N–H and O–H groups in total. The number of carbonyl (C=O) groups excluding carboxylic acids is 1. The van der Waals surface area contributed by atoms with Crippen LogP contribution in [-0.4, -0.2) is 57.7 Å². The van der Waals surface area contributed by atoms with Crippen LogP contribution in [0.15, 0.2) is 59.7 Å². The molecule has 34 heavy (non-hydrogen) atoms. The van der Waals surface area contributed by atoms with Gasteiger partial charge in [0.1, 0.15) is 0 Å². The second-order valence-electron chi connectivity index (χ2n) is 8.18. The number of aliphatic carboxylic acids is 1. The summed E-state index contributed by atoms with van der Waals surface area (Å²) in [6, 6.07) is 9.96. The van der Waals surface area contributed by atoms with Gasteiger partial charge in [-0.1, -0.05) is 6.07 Å². The number of anilines is 1. The van der Waals surface area contributed by atoms with E-state index in [0.29, 0.717) is 6.54 Å². The highest BCUT2D eigenvalue weighted by Gasteiger charge is 2.50. The number of carbonyl (C=O) groups is 2. The van der Waals surface area contributed by atoms with Crippen molar-refractivity contribution >= 4 is 28.9 Å². The van der Waals surface area contributed by atoms with Crippen LogP contribution in [0.2, 0.25) is 0 Å². The topological polar surface area (TPSA) is 86.6 Å². The summed E-state index contributed by atoms with van der Waals surface area (Å²) in [5.41, 5.74) is 3.95. The number of hydrogen-bond acceptors (Lipinski definition) is 6. The number of thiophene rings is 1. The molecule has 2 aliphatic heterocycles. The van der Waals surface area contributed by atoms with Crippen molar-refractivity contribution in [1.82, 2.24) is 14.9 Å². The van der Waals surface area contributed by atoms with Crippen molar-refractivity contribution in [3.8, 4) is 0 Å². The maximum atomic E-state index is 13.1. The summed E-state index contributed by atoms with van der Waals surface area (Å²) in [4.78, 5) is 35.3. The first-order chi connectivity index (χ1) is 16.2. The third kappa shape index (κ3) is 4.95. The number of likely N-dealkylation sites (tertiary alicyclic amines) is 1. The third-order valence-electron chi connectivity index (χ3n) is 5.86. The van der Waals surface area contributed by atoms with Crippen molar-refractivity contribution in [2.45, 2.75) is 24.6 Å². The van der Waals surface area contributed by atoms with Crippen LogP contribution in [0.4, 0.5) is 18.9 Å². The highest BCUT2D eigenvalue weighted by molar-refractivity contribution is 7.08. The lowest BCUT2D eigenvalue weighted by atomic mass is 9.85. The monoisotopic (exact) mass is 490 g/mol. The fraction of sp³-hybridized carbons (Fsp3) is 0.304. The van der Waals surface area contributed by atoms with Gasteiger partial charge in [-0.25, -0.2) is 4.79 Å². The Bertz CT molecular complexity index is 1160. The Kier molecular flexibility index (Phi) is 6.67. The van der Waals surface area contributed by atoms with Gasteiger partial charge in [-0.2, -0.15) is 24.5 Å². The van der Waals surface area contributed by atoms with Crippen LogP contribution >= 0.6 is 11.3 Å². The molecule has 1 spiro atoms. The Balaban J connectivity index is 0.000000344. The first-order valence-corrected chi connectivity index (χ1v) is 11.3. The van der Waals surface area contributed by atoms with Gasteiger partial charge in [0.2, 0.25) is 0 Å². The van der Waals surface area contributed by atoms with Crippen LogP contribution in [0.3, 0.4) is 0 Å². The number of amides is 1. The SMILES string of the molecule is O=C(O)C(F)(F)F.O=C(c1ccsc1)N1CC2(CCN(Cc3cccnc3)C2)c2ncccc21. The Morgan fingerprint density at radius 3 is 2.56 bits per heavy atom. The summed E-state index contributed by atoms with van der Waals surface area (Å²) >= 11 is 1.56. The van der Waals surface area contributed by atoms with Crippen molar-refractivity contribution in [2.75, 3.05) is 24.5 Å². The Morgan fingerprint density at radius 2 is 1.91 bits per heavy atom. The van der Waals surface area contributed by atoms with E-state index in [1.165, 1.54) is 5.56 Å². The summed E-state index contributed by atoms with van der Waals surface area (Å²) in [6.45, 7) is 3.51. The molecule has 11 heteroatoms. The summed E-state index contributed by atoms with van der Waals surface area (Å²) in [6.07, 6.45) is 1.52. The molecular formula is C23H21F3N4O3S. The molecule has 2 aliphatic rings. The minimum atomic E-state index is -5.08. The molecule has 5 rings (SSSR count). The van der Waals surface area contributed by atoms with Crippen LogP contribution in [0.25, 0.3) is 0 Å². The Morgan fingerprint density at radius 1 is 1.15 bits per heavy atom. The Hall–Kier alpha value is -3.31. The molecule has 1 saturated heterocycles. The molecule has 1 fully saturated rings. The molecule has 1 atom stereocenters. The smallest absolute Gasteiger partial charge is 0.475 e. The summed E-state index contributed by atoms with van der Waals surface area (Å²) in [5.74, 6) is -2.68. The molecule has 0 radical (unpaired) electrons. The fourth-order valence-corrected chi connectivity index (χ4v) is 5.00. The van der Waals surface area contributed by atoms with Crippen molar-refractivity contribution in [1.29, 1.82) is 0 Å². The quantitative estimate of drug-likeness (QED) is 0.598. The van der Waals surface area contributed by atoms with Gasteiger partial charge >= 0.3 is 12.1 Å². The van der Waals surface area contributed by atoms with Crippen molar-refractivity contribution in [3.63, 3.8) is 0 Å². The molecule has 178 valence electrons. The van der Waals surface area contributed by atoms with Crippen molar-refractivity contribution < 1.29 is 27.9 Å². The molecule has 7 nitrogen and oxygen atoms in total. The number of carboxylic acid groups (broad SMARTS) is 1. The minimum absolute atomic E-state index is 0.0769. The van der Waals surface area contributed by atoms with E-state index in [0.717, 1.165) is 43.0 Å². The summed E-state index contributed by atoms with van der Waals surface area (Å²) < 4.78 is 31.7. The average molecular weight is 491 g/mol. The van der Waals surface area contributed by atoms with Crippen LogP contribution in [-0.2, 0) is 16.8 Å². The lowest BCUT2D eigenvalue weighted by Gasteiger charge is -2.25. The molecule has 1 amide bonds. The third-order valence-corrected chi connectivity index (χ3v) is 6.54. The number of halogens is 3. The zero-order valence-corrected chi connectivity index (χ0v) is 18.7. The number of nitrogens with zero attached hydrogens (tertiary/aromatic N) is 4. The molecule has 0 saturated carbocycles. The van der Waals surface area contributed by atoms with E-state index < -0.39 is 12.1 Å². The maximum Gasteiger partial charge on any atom is 0.490 e. The first kappa shape index (κ1) is 23.8. The number of pyridine rings is 2. The first-order valence-electron chi connectivity index (χ1n) is 10.4. The zero-order valence-electron chi connectivity index (χ0n) is 17.9. The van der Waals surface area contributed by atoms with E-state index in [1.54, 1.807) is 17.5 Å². The number of rotatable bonds is 3. The van der Waals surface area contributed by atoms with E-state index >= 15 is 0 Å².